The third kappa shape index (κ3) is 1.20. The minimum Gasteiger partial charge on any atom is -0.497 e. The Labute approximate surface area is 93.6 Å². The van der Waals surface area contributed by atoms with Gasteiger partial charge >= 0.3 is 0 Å². The Morgan fingerprint density at radius 1 is 1.38 bits per heavy atom. The van der Waals surface area contributed by atoms with Crippen molar-refractivity contribution in [1.82, 2.24) is 4.98 Å². The van der Waals surface area contributed by atoms with Crippen molar-refractivity contribution < 1.29 is 4.74 Å². The van der Waals surface area contributed by atoms with Gasteiger partial charge in [0.25, 0.3) is 0 Å². The fraction of sp³-hybridized carbons (Fsp3) is 0.308. The molecule has 0 aliphatic heterocycles. The summed E-state index contributed by atoms with van der Waals surface area (Å²) in [6, 6.07) is 10.4. The van der Waals surface area contributed by atoms with E-state index in [0.29, 0.717) is 0 Å². The molecular weight excluding hydrogens is 200 g/mol. The number of aromatic amines is 1. The highest BCUT2D eigenvalue weighted by molar-refractivity contribution is 5.82. The van der Waals surface area contributed by atoms with E-state index in [-0.39, 0.29) is 5.41 Å². The molecule has 1 aromatic carbocycles. The summed E-state index contributed by atoms with van der Waals surface area (Å²) in [5, 5.41) is 10.3. The number of fused-ring (bicyclic) bond motifs is 1. The molecule has 0 spiro atoms. The van der Waals surface area contributed by atoms with Gasteiger partial charge in [-0.05, 0) is 36.4 Å². The zero-order chi connectivity index (χ0) is 11.2. The van der Waals surface area contributed by atoms with Crippen LogP contribution in [0.2, 0.25) is 0 Å². The molecule has 0 amide bonds. The maximum Gasteiger partial charge on any atom is 0.120 e. The van der Waals surface area contributed by atoms with Crippen LogP contribution >= 0.6 is 0 Å². The normalized spacial score (nSPS) is 17.0. The van der Waals surface area contributed by atoms with Crippen molar-refractivity contribution in [3.8, 4) is 11.8 Å². The molecule has 0 unspecified atom stereocenters. The second kappa shape index (κ2) is 3.02. The smallest absolute Gasteiger partial charge is 0.120 e. The van der Waals surface area contributed by atoms with Gasteiger partial charge in [0.05, 0.1) is 18.6 Å². The van der Waals surface area contributed by atoms with Crippen LogP contribution < -0.4 is 4.74 Å². The molecule has 0 atom stereocenters. The molecule has 3 heteroatoms. The van der Waals surface area contributed by atoms with Gasteiger partial charge in [-0.15, -0.1) is 0 Å². The summed E-state index contributed by atoms with van der Waals surface area (Å²) >= 11 is 0. The third-order valence-corrected chi connectivity index (χ3v) is 3.31. The van der Waals surface area contributed by atoms with Crippen LogP contribution in [0.3, 0.4) is 0 Å². The lowest BCUT2D eigenvalue weighted by Gasteiger charge is -2.00. The predicted octanol–water partition coefficient (Wildman–Crippen LogP) is 2.73. The Kier molecular flexibility index (Phi) is 1.75. The Morgan fingerprint density at radius 3 is 2.81 bits per heavy atom. The summed E-state index contributed by atoms with van der Waals surface area (Å²) in [6.07, 6.45) is 1.93. The molecular formula is C13H12N2O. The van der Waals surface area contributed by atoms with Gasteiger partial charge in [0.1, 0.15) is 5.75 Å². The van der Waals surface area contributed by atoms with Crippen molar-refractivity contribution in [2.24, 2.45) is 0 Å². The first-order valence-electron chi connectivity index (χ1n) is 5.36. The summed E-state index contributed by atoms with van der Waals surface area (Å²) in [6.45, 7) is 0. The fourth-order valence-electron chi connectivity index (χ4n) is 2.06. The summed E-state index contributed by atoms with van der Waals surface area (Å²) < 4.78 is 5.17. The minimum atomic E-state index is -0.244. The number of aromatic nitrogens is 1. The molecule has 0 saturated heterocycles. The molecule has 80 valence electrons. The number of hydrogen-bond acceptors (Lipinski definition) is 2. The van der Waals surface area contributed by atoms with Crippen molar-refractivity contribution in [2.75, 3.05) is 7.11 Å². The number of hydrogen-bond donors (Lipinski definition) is 1. The Morgan fingerprint density at radius 2 is 2.19 bits per heavy atom. The van der Waals surface area contributed by atoms with E-state index in [1.807, 2.05) is 18.2 Å². The quantitative estimate of drug-likeness (QED) is 0.832. The number of H-pyrrole nitrogens is 1. The van der Waals surface area contributed by atoms with Crippen LogP contribution in [0, 0.1) is 11.3 Å². The van der Waals surface area contributed by atoms with E-state index in [0.717, 1.165) is 35.2 Å². The molecule has 1 aromatic heterocycles. The average Bonchev–Trinajstić information content (AvgIpc) is 3.01. The van der Waals surface area contributed by atoms with Gasteiger partial charge in [0.15, 0.2) is 0 Å². The van der Waals surface area contributed by atoms with Crippen molar-refractivity contribution in [3.05, 3.63) is 30.0 Å². The van der Waals surface area contributed by atoms with E-state index in [1.165, 1.54) is 0 Å². The van der Waals surface area contributed by atoms with Crippen molar-refractivity contribution in [1.29, 1.82) is 5.26 Å². The topological polar surface area (TPSA) is 48.8 Å². The third-order valence-electron chi connectivity index (χ3n) is 3.31. The fourth-order valence-corrected chi connectivity index (χ4v) is 2.06. The molecule has 1 fully saturated rings. The Hall–Kier alpha value is -1.95. The molecule has 3 rings (SSSR count). The standard InChI is InChI=1S/C13H12N2O/c1-16-10-3-2-9-6-12(15-11(9)7-10)13(8-14)4-5-13/h2-3,6-7,15H,4-5H2,1H3. The molecule has 1 N–H and O–H groups in total. The van der Waals surface area contributed by atoms with Gasteiger partial charge in [0, 0.05) is 17.3 Å². The maximum atomic E-state index is 9.14. The molecule has 1 aliphatic carbocycles. The summed E-state index contributed by atoms with van der Waals surface area (Å²) in [5.74, 6) is 0.836. The lowest BCUT2D eigenvalue weighted by molar-refractivity contribution is 0.415. The van der Waals surface area contributed by atoms with E-state index in [2.05, 4.69) is 17.1 Å². The highest BCUT2D eigenvalue weighted by Crippen LogP contribution is 2.47. The van der Waals surface area contributed by atoms with Crippen LogP contribution in [0.25, 0.3) is 10.9 Å². The SMILES string of the molecule is COc1ccc2cc(C3(C#N)CC3)[nH]c2c1. The van der Waals surface area contributed by atoms with E-state index in [9.17, 15) is 0 Å². The van der Waals surface area contributed by atoms with Gasteiger partial charge < -0.3 is 9.72 Å². The number of rotatable bonds is 2. The lowest BCUT2D eigenvalue weighted by atomic mass is 10.1. The number of methoxy groups -OCH3 is 1. The average molecular weight is 212 g/mol. The zero-order valence-corrected chi connectivity index (χ0v) is 9.08. The van der Waals surface area contributed by atoms with Crippen molar-refractivity contribution >= 4 is 10.9 Å². The molecule has 0 radical (unpaired) electrons. The van der Waals surface area contributed by atoms with Gasteiger partial charge in [-0.2, -0.15) is 5.26 Å². The second-order valence-electron chi connectivity index (χ2n) is 4.33. The molecule has 1 saturated carbocycles. The van der Waals surface area contributed by atoms with E-state index < -0.39 is 0 Å². The highest BCUT2D eigenvalue weighted by Gasteiger charge is 2.46. The zero-order valence-electron chi connectivity index (χ0n) is 9.08. The number of benzene rings is 1. The van der Waals surface area contributed by atoms with E-state index in [4.69, 9.17) is 10.00 Å². The Bertz CT molecular complexity index is 587. The first-order valence-corrected chi connectivity index (χ1v) is 5.36. The van der Waals surface area contributed by atoms with Crippen LogP contribution in [0.15, 0.2) is 24.3 Å². The molecule has 3 nitrogen and oxygen atoms in total. The van der Waals surface area contributed by atoms with Crippen molar-refractivity contribution in [2.45, 2.75) is 18.3 Å². The number of nitrogens with zero attached hydrogens (tertiary/aromatic N) is 1. The summed E-state index contributed by atoms with van der Waals surface area (Å²) in [7, 11) is 1.66. The van der Waals surface area contributed by atoms with E-state index >= 15 is 0 Å². The van der Waals surface area contributed by atoms with Crippen LogP contribution in [-0.4, -0.2) is 12.1 Å². The number of nitrogens with one attached hydrogen (secondary N) is 1. The first-order chi connectivity index (χ1) is 7.77. The van der Waals surface area contributed by atoms with Crippen LogP contribution in [0.1, 0.15) is 18.5 Å². The molecule has 0 bridgehead atoms. The van der Waals surface area contributed by atoms with Crippen LogP contribution in [0.5, 0.6) is 5.75 Å². The van der Waals surface area contributed by atoms with Crippen LogP contribution in [0.4, 0.5) is 0 Å². The van der Waals surface area contributed by atoms with Gasteiger partial charge in [-0.3, -0.25) is 0 Å². The number of nitriles is 1. The van der Waals surface area contributed by atoms with Crippen molar-refractivity contribution in [3.63, 3.8) is 0 Å². The summed E-state index contributed by atoms with van der Waals surface area (Å²) in [4.78, 5) is 3.32. The van der Waals surface area contributed by atoms with Gasteiger partial charge in [0.2, 0.25) is 0 Å². The Balaban J connectivity index is 2.13. The van der Waals surface area contributed by atoms with Gasteiger partial charge in [-0.25, -0.2) is 0 Å². The second-order valence-corrected chi connectivity index (χ2v) is 4.33. The molecule has 2 aromatic rings. The lowest BCUT2D eigenvalue weighted by Crippen LogP contribution is -2.01. The first kappa shape index (κ1) is 9.29. The summed E-state index contributed by atoms with van der Waals surface area (Å²) in [5.41, 5.74) is 1.83. The number of ether oxygens (including phenoxy) is 1. The molecule has 1 aliphatic rings. The van der Waals surface area contributed by atoms with Crippen LogP contribution in [-0.2, 0) is 5.41 Å². The molecule has 16 heavy (non-hydrogen) atoms. The largest absolute Gasteiger partial charge is 0.497 e. The molecule has 1 heterocycles. The maximum absolute atomic E-state index is 9.14. The van der Waals surface area contributed by atoms with Gasteiger partial charge in [-0.1, -0.05) is 0 Å². The minimum absolute atomic E-state index is 0.244. The highest BCUT2D eigenvalue weighted by atomic mass is 16.5. The predicted molar refractivity (Wildman–Crippen MR) is 61.4 cm³/mol. The monoisotopic (exact) mass is 212 g/mol. The van der Waals surface area contributed by atoms with E-state index in [1.54, 1.807) is 7.11 Å².